The molecule has 0 saturated carbocycles. The molecule has 1 unspecified atom stereocenters. The SMILES string of the molecule is CC(C)(C)P.[C-]1=CC=CC1.[CH2]=[Ti+2].[Cl-].[Cl-]. The van der Waals surface area contributed by atoms with Crippen molar-refractivity contribution in [3.05, 3.63) is 24.3 Å². The molecular formula is C10H18Cl2PTi-. The van der Waals surface area contributed by atoms with Gasteiger partial charge in [0.1, 0.15) is 0 Å². The van der Waals surface area contributed by atoms with Crippen molar-refractivity contribution < 1.29 is 44.8 Å². The molecule has 1 aliphatic carbocycles. The Hall–Kier alpha value is 1.07. The topological polar surface area (TPSA) is 0 Å². The number of allylic oxidation sites excluding steroid dienone is 4. The summed E-state index contributed by atoms with van der Waals surface area (Å²) in [5.41, 5.74) is 0. The summed E-state index contributed by atoms with van der Waals surface area (Å²) in [5.74, 6) is 0. The van der Waals surface area contributed by atoms with Crippen LogP contribution in [0, 0.1) is 6.08 Å². The summed E-state index contributed by atoms with van der Waals surface area (Å²) in [6.07, 6.45) is 10.0. The average molecular weight is 288 g/mol. The van der Waals surface area contributed by atoms with Gasteiger partial charge in [-0.2, -0.15) is 6.08 Å². The largest absolute Gasteiger partial charge is 1.00 e. The third kappa shape index (κ3) is 51.7. The Kier molecular flexibility index (Phi) is 28.7. The normalized spacial score (nSPS) is 11.0. The predicted octanol–water partition coefficient (Wildman–Crippen LogP) is -3.06. The summed E-state index contributed by atoms with van der Waals surface area (Å²) in [7, 11) is 2.72. The van der Waals surface area contributed by atoms with Crippen LogP contribution in [0.2, 0.25) is 0 Å². The van der Waals surface area contributed by atoms with Crippen molar-refractivity contribution in [2.45, 2.75) is 32.3 Å². The van der Waals surface area contributed by atoms with Crippen LogP contribution >= 0.6 is 9.24 Å². The second kappa shape index (κ2) is 16.5. The quantitative estimate of drug-likeness (QED) is 0.252. The number of hydrogen-bond acceptors (Lipinski definition) is 0. The second-order valence-electron chi connectivity index (χ2n) is 3.37. The van der Waals surface area contributed by atoms with Crippen molar-refractivity contribution >= 4 is 14.1 Å². The van der Waals surface area contributed by atoms with Crippen LogP contribution in [-0.4, -0.2) is 9.97 Å². The molecule has 0 aromatic rings. The van der Waals surface area contributed by atoms with Crippen LogP contribution in [0.4, 0.5) is 0 Å². The Labute approximate surface area is 115 Å². The van der Waals surface area contributed by atoms with Crippen LogP contribution in [-0.2, 0) is 20.0 Å². The molecule has 0 radical (unpaired) electrons. The molecule has 0 bridgehead atoms. The predicted molar refractivity (Wildman–Crippen MR) is 58.2 cm³/mol. The van der Waals surface area contributed by atoms with Gasteiger partial charge in [-0.15, -0.1) is 15.7 Å². The first-order valence-corrected chi connectivity index (χ1v) is 5.54. The van der Waals surface area contributed by atoms with E-state index < -0.39 is 0 Å². The maximum absolute atomic E-state index is 3.25. The molecule has 1 atom stereocenters. The molecule has 4 heteroatoms. The molecule has 0 N–H and O–H groups in total. The third-order valence-electron chi connectivity index (χ3n) is 0.586. The van der Waals surface area contributed by atoms with Gasteiger partial charge in [-0.05, 0) is 5.16 Å². The zero-order chi connectivity index (χ0) is 10.0. The van der Waals surface area contributed by atoms with E-state index in [9.17, 15) is 0 Å². The first-order valence-electron chi connectivity index (χ1n) is 3.86. The molecule has 82 valence electrons. The second-order valence-corrected chi connectivity index (χ2v) is 5.10. The van der Waals surface area contributed by atoms with Gasteiger partial charge in [0.25, 0.3) is 0 Å². The summed E-state index contributed by atoms with van der Waals surface area (Å²) in [6, 6.07) is 0. The summed E-state index contributed by atoms with van der Waals surface area (Å²) in [5, 5.41) is 0.417. The molecule has 0 fully saturated rings. The monoisotopic (exact) mass is 287 g/mol. The molecule has 0 saturated heterocycles. The van der Waals surface area contributed by atoms with Gasteiger partial charge >= 0.3 is 24.8 Å². The van der Waals surface area contributed by atoms with Crippen LogP contribution in [0.25, 0.3) is 0 Å². The van der Waals surface area contributed by atoms with E-state index in [2.05, 4.69) is 47.0 Å². The minimum absolute atomic E-state index is 0. The first kappa shape index (κ1) is 24.3. The van der Waals surface area contributed by atoms with Crippen molar-refractivity contribution in [3.8, 4) is 0 Å². The minimum Gasteiger partial charge on any atom is -1.00 e. The molecule has 0 spiro atoms. The summed E-state index contributed by atoms with van der Waals surface area (Å²) in [4.78, 5) is 3.25. The fourth-order valence-electron chi connectivity index (χ4n) is 0.340. The van der Waals surface area contributed by atoms with Gasteiger partial charge in [0, 0.05) is 0 Å². The zero-order valence-electron chi connectivity index (χ0n) is 8.98. The smallest absolute Gasteiger partial charge is 1.00 e. The van der Waals surface area contributed by atoms with Gasteiger partial charge in [-0.3, -0.25) is 6.08 Å². The van der Waals surface area contributed by atoms with E-state index >= 15 is 0 Å². The Balaban J connectivity index is -0.0000000542. The van der Waals surface area contributed by atoms with Crippen LogP contribution in [0.5, 0.6) is 0 Å². The van der Waals surface area contributed by atoms with Crippen LogP contribution in [0.15, 0.2) is 18.2 Å². The van der Waals surface area contributed by atoms with E-state index in [-0.39, 0.29) is 24.8 Å². The molecule has 0 heterocycles. The van der Waals surface area contributed by atoms with Gasteiger partial charge in [-0.25, -0.2) is 12.2 Å². The Morgan fingerprint density at radius 3 is 1.71 bits per heavy atom. The summed E-state index contributed by atoms with van der Waals surface area (Å²) >= 11 is 1.75. The van der Waals surface area contributed by atoms with E-state index in [1.54, 1.807) is 20.0 Å². The number of halogens is 2. The zero-order valence-corrected chi connectivity index (χ0v) is 13.2. The van der Waals surface area contributed by atoms with Crippen LogP contribution in [0.1, 0.15) is 27.2 Å². The van der Waals surface area contributed by atoms with Gasteiger partial charge in [0.2, 0.25) is 0 Å². The van der Waals surface area contributed by atoms with Crippen molar-refractivity contribution in [3.63, 3.8) is 0 Å². The first-order chi connectivity index (χ1) is 5.50. The summed E-state index contributed by atoms with van der Waals surface area (Å²) < 4.78 is 0. The molecule has 14 heavy (non-hydrogen) atoms. The van der Waals surface area contributed by atoms with E-state index in [0.29, 0.717) is 5.16 Å². The summed E-state index contributed by atoms with van der Waals surface area (Å²) in [6.45, 7) is 6.45. The fourth-order valence-corrected chi connectivity index (χ4v) is 0.340. The van der Waals surface area contributed by atoms with Crippen molar-refractivity contribution in [2.24, 2.45) is 0 Å². The minimum atomic E-state index is 0. The average Bonchev–Trinajstić information content (AvgIpc) is 2.41. The van der Waals surface area contributed by atoms with Crippen molar-refractivity contribution in [2.75, 3.05) is 0 Å². The van der Waals surface area contributed by atoms with Crippen LogP contribution < -0.4 is 24.8 Å². The number of rotatable bonds is 0. The molecule has 1 aliphatic rings. The fraction of sp³-hybridized carbons (Fsp3) is 0.500. The molecule has 0 nitrogen and oxygen atoms in total. The van der Waals surface area contributed by atoms with Gasteiger partial charge in [0.05, 0.1) is 0 Å². The molecule has 0 amide bonds. The molecule has 1 rings (SSSR count). The number of hydrogen-bond donors (Lipinski definition) is 0. The Morgan fingerprint density at radius 2 is 1.64 bits per heavy atom. The Morgan fingerprint density at radius 1 is 1.29 bits per heavy atom. The molecule has 0 aromatic heterocycles. The Bertz CT molecular complexity index is 135. The van der Waals surface area contributed by atoms with E-state index in [0.717, 1.165) is 6.42 Å². The van der Waals surface area contributed by atoms with E-state index in [4.69, 9.17) is 0 Å². The third-order valence-corrected chi connectivity index (χ3v) is 0.586. The van der Waals surface area contributed by atoms with Crippen molar-refractivity contribution in [1.29, 1.82) is 0 Å². The maximum atomic E-state index is 3.25. The van der Waals surface area contributed by atoms with E-state index in [1.807, 2.05) is 12.2 Å². The maximum Gasteiger partial charge on any atom is -1.00 e. The van der Waals surface area contributed by atoms with Crippen molar-refractivity contribution in [1.82, 2.24) is 0 Å². The van der Waals surface area contributed by atoms with Crippen LogP contribution in [0.3, 0.4) is 0 Å². The molecule has 0 aromatic carbocycles. The van der Waals surface area contributed by atoms with E-state index in [1.165, 1.54) is 0 Å². The standard InChI is InChI=1S/C5H5.C4H11P.CH2.2ClH.Ti/c1-2-4-5-3-1;1-4(2,3)5;;;;/h1-3H,4H2;5H2,1-3H3;1H2;2*1H;/q-1;;;;;+2/p-2. The van der Waals surface area contributed by atoms with Gasteiger partial charge in [-0.1, -0.05) is 20.8 Å². The van der Waals surface area contributed by atoms with Gasteiger partial charge in [0.15, 0.2) is 0 Å². The molecule has 0 aliphatic heterocycles. The molecular weight excluding hydrogens is 270 g/mol. The van der Waals surface area contributed by atoms with Gasteiger partial charge < -0.3 is 24.8 Å².